The van der Waals surface area contributed by atoms with Gasteiger partial charge < -0.3 is 14.0 Å². The SMILES string of the molecule is COC(=O)C1CCn2c(COc3ccccc3F)nnc2C1. The average molecular weight is 305 g/mol. The van der Waals surface area contributed by atoms with Crippen molar-refractivity contribution < 1.29 is 18.7 Å². The van der Waals surface area contributed by atoms with Crippen molar-refractivity contribution in [1.29, 1.82) is 0 Å². The first-order chi connectivity index (χ1) is 10.7. The van der Waals surface area contributed by atoms with Gasteiger partial charge in [-0.2, -0.15) is 0 Å². The first-order valence-electron chi connectivity index (χ1n) is 7.05. The lowest BCUT2D eigenvalue weighted by molar-refractivity contribution is -0.146. The number of halogens is 1. The fourth-order valence-corrected chi connectivity index (χ4v) is 2.57. The number of fused-ring (bicyclic) bond motifs is 1. The molecule has 22 heavy (non-hydrogen) atoms. The maximum absolute atomic E-state index is 13.5. The maximum Gasteiger partial charge on any atom is 0.309 e. The molecule has 0 amide bonds. The van der Waals surface area contributed by atoms with E-state index in [4.69, 9.17) is 9.47 Å². The Hall–Kier alpha value is -2.44. The lowest BCUT2D eigenvalue weighted by Crippen LogP contribution is -2.27. The summed E-state index contributed by atoms with van der Waals surface area (Å²) < 4.78 is 25.7. The number of rotatable bonds is 4. The monoisotopic (exact) mass is 305 g/mol. The van der Waals surface area contributed by atoms with Gasteiger partial charge in [-0.3, -0.25) is 4.79 Å². The van der Waals surface area contributed by atoms with Crippen molar-refractivity contribution in [2.24, 2.45) is 5.92 Å². The van der Waals surface area contributed by atoms with Gasteiger partial charge in [-0.05, 0) is 18.6 Å². The Morgan fingerprint density at radius 1 is 1.41 bits per heavy atom. The first kappa shape index (κ1) is 14.5. The van der Waals surface area contributed by atoms with Crippen molar-refractivity contribution in [3.05, 3.63) is 41.7 Å². The van der Waals surface area contributed by atoms with Crippen LogP contribution < -0.4 is 4.74 Å². The van der Waals surface area contributed by atoms with Gasteiger partial charge in [0.05, 0.1) is 13.0 Å². The quantitative estimate of drug-likeness (QED) is 0.805. The van der Waals surface area contributed by atoms with Crippen LogP contribution in [0.25, 0.3) is 0 Å². The molecule has 1 aromatic carbocycles. The third-order valence-corrected chi connectivity index (χ3v) is 3.76. The zero-order valence-electron chi connectivity index (χ0n) is 12.2. The number of aromatic nitrogens is 3. The molecule has 1 unspecified atom stereocenters. The number of para-hydroxylation sites is 1. The summed E-state index contributed by atoms with van der Waals surface area (Å²) in [7, 11) is 1.38. The van der Waals surface area contributed by atoms with E-state index in [1.54, 1.807) is 18.2 Å². The van der Waals surface area contributed by atoms with E-state index in [0.717, 1.165) is 5.82 Å². The predicted molar refractivity (Wildman–Crippen MR) is 74.6 cm³/mol. The van der Waals surface area contributed by atoms with Gasteiger partial charge in [0, 0.05) is 13.0 Å². The van der Waals surface area contributed by atoms with E-state index in [1.165, 1.54) is 13.2 Å². The number of carbonyl (C=O) groups excluding carboxylic acids is 1. The van der Waals surface area contributed by atoms with Crippen LogP contribution in [0, 0.1) is 11.7 Å². The van der Waals surface area contributed by atoms with Crippen molar-refractivity contribution in [3.63, 3.8) is 0 Å². The summed E-state index contributed by atoms with van der Waals surface area (Å²) in [6.45, 7) is 0.759. The second-order valence-electron chi connectivity index (χ2n) is 5.12. The van der Waals surface area contributed by atoms with Crippen LogP contribution in [0.2, 0.25) is 0 Å². The van der Waals surface area contributed by atoms with Gasteiger partial charge in [-0.25, -0.2) is 4.39 Å². The largest absolute Gasteiger partial charge is 0.483 e. The van der Waals surface area contributed by atoms with Gasteiger partial charge in [-0.1, -0.05) is 12.1 Å². The molecular weight excluding hydrogens is 289 g/mol. The van der Waals surface area contributed by atoms with Crippen LogP contribution in [0.1, 0.15) is 18.1 Å². The van der Waals surface area contributed by atoms with Crippen molar-refractivity contribution in [2.75, 3.05) is 7.11 Å². The molecule has 0 saturated carbocycles. The number of esters is 1. The molecule has 0 saturated heterocycles. The minimum Gasteiger partial charge on any atom is -0.483 e. The summed E-state index contributed by atoms with van der Waals surface area (Å²) in [5.74, 6) is 0.727. The summed E-state index contributed by atoms with van der Waals surface area (Å²) in [6.07, 6.45) is 1.17. The number of nitrogens with zero attached hydrogens (tertiary/aromatic N) is 3. The van der Waals surface area contributed by atoms with E-state index < -0.39 is 5.82 Å². The summed E-state index contributed by atoms with van der Waals surface area (Å²) in [4.78, 5) is 11.6. The molecule has 0 spiro atoms. The Morgan fingerprint density at radius 3 is 3.00 bits per heavy atom. The number of carbonyl (C=O) groups is 1. The van der Waals surface area contributed by atoms with Gasteiger partial charge in [0.15, 0.2) is 17.4 Å². The first-order valence-corrected chi connectivity index (χ1v) is 7.05. The summed E-state index contributed by atoms with van der Waals surface area (Å²) in [5, 5.41) is 8.17. The topological polar surface area (TPSA) is 66.2 Å². The molecule has 3 rings (SSSR count). The summed E-state index contributed by atoms with van der Waals surface area (Å²) in [5.41, 5.74) is 0. The third kappa shape index (κ3) is 2.79. The molecule has 2 aromatic rings. The van der Waals surface area contributed by atoms with E-state index in [2.05, 4.69) is 10.2 Å². The highest BCUT2D eigenvalue weighted by Crippen LogP contribution is 2.22. The van der Waals surface area contributed by atoms with Crippen LogP contribution in [-0.4, -0.2) is 27.8 Å². The van der Waals surface area contributed by atoms with E-state index in [0.29, 0.717) is 25.2 Å². The molecule has 0 radical (unpaired) electrons. The van der Waals surface area contributed by atoms with Crippen molar-refractivity contribution in [2.45, 2.75) is 26.0 Å². The Balaban J connectivity index is 1.69. The van der Waals surface area contributed by atoms with Gasteiger partial charge in [0.25, 0.3) is 0 Å². The molecule has 1 atom stereocenters. The number of hydrogen-bond acceptors (Lipinski definition) is 5. The van der Waals surface area contributed by atoms with Crippen LogP contribution in [0.3, 0.4) is 0 Å². The number of methoxy groups -OCH3 is 1. The molecule has 0 bridgehead atoms. The van der Waals surface area contributed by atoms with Crippen molar-refractivity contribution >= 4 is 5.97 Å². The Morgan fingerprint density at radius 2 is 2.23 bits per heavy atom. The zero-order valence-corrected chi connectivity index (χ0v) is 12.2. The second-order valence-corrected chi connectivity index (χ2v) is 5.12. The molecule has 116 valence electrons. The molecule has 6 nitrogen and oxygen atoms in total. The fourth-order valence-electron chi connectivity index (χ4n) is 2.57. The van der Waals surface area contributed by atoms with Crippen molar-refractivity contribution in [1.82, 2.24) is 14.8 Å². The second kappa shape index (κ2) is 6.13. The van der Waals surface area contributed by atoms with Gasteiger partial charge in [-0.15, -0.1) is 10.2 Å². The highest BCUT2D eigenvalue weighted by atomic mass is 19.1. The van der Waals surface area contributed by atoms with Crippen LogP contribution in [0.15, 0.2) is 24.3 Å². The zero-order chi connectivity index (χ0) is 15.5. The van der Waals surface area contributed by atoms with E-state index >= 15 is 0 Å². The minimum atomic E-state index is -0.411. The number of hydrogen-bond donors (Lipinski definition) is 0. The average Bonchev–Trinajstić information content (AvgIpc) is 2.95. The highest BCUT2D eigenvalue weighted by molar-refractivity contribution is 5.72. The lowest BCUT2D eigenvalue weighted by Gasteiger charge is -2.21. The molecule has 2 heterocycles. The molecule has 1 aromatic heterocycles. The molecule has 1 aliphatic heterocycles. The van der Waals surface area contributed by atoms with Gasteiger partial charge >= 0.3 is 5.97 Å². The molecule has 0 aliphatic carbocycles. The highest BCUT2D eigenvalue weighted by Gasteiger charge is 2.28. The Kier molecular flexibility index (Phi) is 4.04. The standard InChI is InChI=1S/C15H16FN3O3/c1-21-15(20)10-6-7-19-13(8-10)17-18-14(19)9-22-12-5-3-2-4-11(12)16/h2-5,10H,6-9H2,1H3. The van der Waals surface area contributed by atoms with Gasteiger partial charge in [0.1, 0.15) is 12.4 Å². The van der Waals surface area contributed by atoms with Crippen LogP contribution in [0.4, 0.5) is 4.39 Å². The van der Waals surface area contributed by atoms with Crippen LogP contribution in [0.5, 0.6) is 5.75 Å². The molecule has 7 heteroatoms. The summed E-state index contributed by atoms with van der Waals surface area (Å²) in [6, 6.07) is 6.22. The minimum absolute atomic E-state index is 0.136. The van der Waals surface area contributed by atoms with E-state index in [-0.39, 0.29) is 24.2 Å². The number of ether oxygens (including phenoxy) is 2. The molecule has 0 N–H and O–H groups in total. The predicted octanol–water partition coefficient (Wildman–Crippen LogP) is 1.73. The lowest BCUT2D eigenvalue weighted by atomic mass is 9.98. The van der Waals surface area contributed by atoms with Crippen molar-refractivity contribution in [3.8, 4) is 5.75 Å². The summed E-state index contributed by atoms with van der Waals surface area (Å²) >= 11 is 0. The van der Waals surface area contributed by atoms with Crippen LogP contribution in [-0.2, 0) is 29.1 Å². The Bertz CT molecular complexity index is 686. The van der Waals surface area contributed by atoms with Crippen LogP contribution >= 0.6 is 0 Å². The molecule has 1 aliphatic rings. The van der Waals surface area contributed by atoms with E-state index in [9.17, 15) is 9.18 Å². The normalized spacial score (nSPS) is 16.9. The Labute approximate surface area is 126 Å². The van der Waals surface area contributed by atoms with E-state index in [1.807, 2.05) is 4.57 Å². The molecule has 0 fully saturated rings. The number of benzene rings is 1. The molecular formula is C15H16FN3O3. The maximum atomic E-state index is 13.5. The van der Waals surface area contributed by atoms with Gasteiger partial charge in [0.2, 0.25) is 0 Å². The third-order valence-electron chi connectivity index (χ3n) is 3.76. The fraction of sp³-hybridized carbons (Fsp3) is 0.400. The smallest absolute Gasteiger partial charge is 0.309 e.